The molecule has 2 aliphatic rings. The maximum absolute atomic E-state index is 12.9. The van der Waals surface area contributed by atoms with Crippen molar-refractivity contribution in [3.8, 4) is 0 Å². The van der Waals surface area contributed by atoms with Gasteiger partial charge in [-0.25, -0.2) is 4.79 Å². The number of likely N-dealkylation sites (N-methyl/N-ethyl adjacent to an activating group) is 1. The Labute approximate surface area is 142 Å². The lowest BCUT2D eigenvalue weighted by atomic mass is 10.1. The van der Waals surface area contributed by atoms with Crippen molar-refractivity contribution in [2.24, 2.45) is 4.99 Å². The summed E-state index contributed by atoms with van der Waals surface area (Å²) in [5.74, 6) is 0.719. The van der Waals surface area contributed by atoms with E-state index in [1.165, 1.54) is 9.80 Å². The van der Waals surface area contributed by atoms with Gasteiger partial charge in [0.25, 0.3) is 17.8 Å². The molecule has 1 aromatic carbocycles. The van der Waals surface area contributed by atoms with E-state index in [4.69, 9.17) is 16.0 Å². The Morgan fingerprint density at radius 2 is 2.00 bits per heavy atom. The van der Waals surface area contributed by atoms with Gasteiger partial charge in [-0.15, -0.1) is 0 Å². The van der Waals surface area contributed by atoms with E-state index in [1.54, 1.807) is 49.0 Å². The van der Waals surface area contributed by atoms with Crippen molar-refractivity contribution in [3.63, 3.8) is 0 Å². The van der Waals surface area contributed by atoms with Gasteiger partial charge in [-0.2, -0.15) is 4.57 Å². The van der Waals surface area contributed by atoms with E-state index >= 15 is 0 Å². The van der Waals surface area contributed by atoms with Crippen LogP contribution in [-0.2, 0) is 11.3 Å². The van der Waals surface area contributed by atoms with Crippen LogP contribution >= 0.6 is 11.6 Å². The van der Waals surface area contributed by atoms with Crippen LogP contribution in [0.2, 0.25) is 5.02 Å². The van der Waals surface area contributed by atoms with Gasteiger partial charge in [-0.1, -0.05) is 23.7 Å². The van der Waals surface area contributed by atoms with E-state index in [0.29, 0.717) is 22.6 Å². The molecule has 0 bridgehead atoms. The number of amides is 3. The summed E-state index contributed by atoms with van der Waals surface area (Å²) in [4.78, 5) is 32.4. The Morgan fingerprint density at radius 3 is 2.71 bits per heavy atom. The lowest BCUT2D eigenvalue weighted by molar-refractivity contribution is -0.679. The number of imide groups is 1. The standard InChI is InChI=1S/C16H14ClN4O3/c1-9-7-20-12-13(18-15(20)24-9)19(2)16(23)21(14(12)22)8-10-3-5-11(17)6-4-10/h3-7,12H,8H2,1-2H3/q+1. The van der Waals surface area contributed by atoms with Crippen molar-refractivity contribution in [3.05, 3.63) is 46.8 Å². The predicted molar refractivity (Wildman–Crippen MR) is 84.9 cm³/mol. The number of aromatic nitrogens is 1. The Morgan fingerprint density at radius 1 is 1.29 bits per heavy atom. The number of amidine groups is 1. The highest BCUT2D eigenvalue weighted by molar-refractivity contribution is 6.30. The molecule has 1 fully saturated rings. The number of nitrogens with zero attached hydrogens (tertiary/aromatic N) is 4. The van der Waals surface area contributed by atoms with Gasteiger partial charge in [0, 0.05) is 17.1 Å². The Hall–Kier alpha value is -2.67. The van der Waals surface area contributed by atoms with Gasteiger partial charge < -0.3 is 4.42 Å². The van der Waals surface area contributed by atoms with E-state index in [2.05, 4.69) is 4.99 Å². The molecule has 3 amide bonds. The van der Waals surface area contributed by atoms with E-state index in [-0.39, 0.29) is 12.5 Å². The minimum Gasteiger partial charge on any atom is -0.390 e. The Bertz CT molecular complexity index is 887. The van der Waals surface area contributed by atoms with Crippen LogP contribution in [0.25, 0.3) is 0 Å². The number of carbonyl (C=O) groups excluding carboxylic acids is 2. The van der Waals surface area contributed by atoms with Crippen LogP contribution in [0, 0.1) is 6.92 Å². The zero-order valence-electron chi connectivity index (χ0n) is 13.1. The molecule has 3 heterocycles. The molecule has 0 saturated carbocycles. The number of oxazole rings is 1. The molecule has 1 unspecified atom stereocenters. The number of aryl methyl sites for hydroxylation is 1. The third kappa shape index (κ3) is 2.12. The average Bonchev–Trinajstić information content (AvgIpc) is 3.07. The van der Waals surface area contributed by atoms with E-state index in [1.807, 2.05) is 0 Å². The number of urea groups is 1. The molecule has 1 aromatic heterocycles. The first-order chi connectivity index (χ1) is 11.5. The molecule has 4 rings (SSSR count). The third-order valence-corrected chi connectivity index (χ3v) is 4.39. The topological polar surface area (TPSA) is 70.0 Å². The van der Waals surface area contributed by atoms with Crippen molar-refractivity contribution in [2.45, 2.75) is 19.5 Å². The molecule has 7 nitrogen and oxygen atoms in total. The van der Waals surface area contributed by atoms with Crippen LogP contribution in [0.4, 0.5) is 10.8 Å². The quantitative estimate of drug-likeness (QED) is 0.783. The summed E-state index contributed by atoms with van der Waals surface area (Å²) in [5.41, 5.74) is 0.821. The second kappa shape index (κ2) is 5.17. The van der Waals surface area contributed by atoms with Crippen LogP contribution in [0.3, 0.4) is 0 Å². The molecule has 2 aromatic rings. The second-order valence-electron chi connectivity index (χ2n) is 5.80. The number of rotatable bonds is 2. The van der Waals surface area contributed by atoms with Crippen molar-refractivity contribution in [2.75, 3.05) is 7.05 Å². The summed E-state index contributed by atoms with van der Waals surface area (Å²) in [6.07, 6.45) is 1.72. The zero-order chi connectivity index (χ0) is 17.0. The van der Waals surface area contributed by atoms with Crippen molar-refractivity contribution in [1.82, 2.24) is 9.80 Å². The molecule has 0 N–H and O–H groups in total. The lowest BCUT2D eigenvalue weighted by Crippen LogP contribution is -2.62. The maximum atomic E-state index is 12.9. The number of halogens is 1. The SMILES string of the molecule is Cc1c[n+]2c(o1)N=C1C2C(=O)N(Cc2ccc(Cl)cc2)C(=O)N1C. The van der Waals surface area contributed by atoms with E-state index < -0.39 is 12.1 Å². The summed E-state index contributed by atoms with van der Waals surface area (Å²) >= 11 is 5.88. The fourth-order valence-corrected chi connectivity index (χ4v) is 3.08. The van der Waals surface area contributed by atoms with Gasteiger partial charge in [0.05, 0.1) is 6.54 Å². The minimum atomic E-state index is -0.674. The monoisotopic (exact) mass is 345 g/mol. The molecule has 8 heteroatoms. The lowest BCUT2D eigenvalue weighted by Gasteiger charge is -2.32. The van der Waals surface area contributed by atoms with Crippen molar-refractivity contribution >= 4 is 35.4 Å². The van der Waals surface area contributed by atoms with E-state index in [0.717, 1.165) is 5.56 Å². The van der Waals surface area contributed by atoms with Crippen LogP contribution in [0.15, 0.2) is 39.9 Å². The normalized spacial score (nSPS) is 19.5. The smallest absolute Gasteiger partial charge is 0.390 e. The van der Waals surface area contributed by atoms with Gasteiger partial charge in [0.15, 0.2) is 0 Å². The largest absolute Gasteiger partial charge is 0.506 e. The maximum Gasteiger partial charge on any atom is 0.506 e. The summed E-state index contributed by atoms with van der Waals surface area (Å²) in [6.45, 7) is 1.96. The first-order valence-electron chi connectivity index (χ1n) is 7.39. The second-order valence-corrected chi connectivity index (χ2v) is 6.23. The number of hydrogen-bond donors (Lipinski definition) is 0. The molecule has 0 spiro atoms. The van der Waals surface area contributed by atoms with Crippen LogP contribution in [0.1, 0.15) is 17.4 Å². The van der Waals surface area contributed by atoms with Crippen molar-refractivity contribution in [1.29, 1.82) is 0 Å². The highest BCUT2D eigenvalue weighted by Crippen LogP contribution is 2.29. The average molecular weight is 346 g/mol. The highest BCUT2D eigenvalue weighted by atomic mass is 35.5. The fourth-order valence-electron chi connectivity index (χ4n) is 2.95. The molecule has 2 aliphatic heterocycles. The van der Waals surface area contributed by atoms with Crippen molar-refractivity contribution < 1.29 is 18.6 Å². The Kier molecular flexibility index (Phi) is 3.21. The molecule has 122 valence electrons. The molecule has 24 heavy (non-hydrogen) atoms. The first-order valence-corrected chi connectivity index (χ1v) is 7.77. The third-order valence-electron chi connectivity index (χ3n) is 4.14. The number of carbonyl (C=O) groups is 2. The van der Waals surface area contributed by atoms with Gasteiger partial charge in [-0.05, 0) is 24.6 Å². The number of aliphatic imine (C=N–C) groups is 1. The van der Waals surface area contributed by atoms with Gasteiger partial charge in [-0.3, -0.25) is 14.6 Å². The summed E-state index contributed by atoms with van der Waals surface area (Å²) in [7, 11) is 1.61. The molecule has 0 aliphatic carbocycles. The van der Waals surface area contributed by atoms with Crippen LogP contribution in [0.5, 0.6) is 0 Å². The number of benzene rings is 1. The van der Waals surface area contributed by atoms with E-state index in [9.17, 15) is 9.59 Å². The summed E-state index contributed by atoms with van der Waals surface area (Å²) in [6, 6.07) is 6.29. The predicted octanol–water partition coefficient (Wildman–Crippen LogP) is 2.21. The highest BCUT2D eigenvalue weighted by Gasteiger charge is 2.54. The summed E-state index contributed by atoms with van der Waals surface area (Å²) in [5, 5.41) is 0.603. The number of hydrogen-bond acceptors (Lipinski definition) is 4. The zero-order valence-corrected chi connectivity index (χ0v) is 13.8. The molecule has 1 atom stereocenters. The minimum absolute atomic E-state index is 0.176. The fraction of sp³-hybridized carbons (Fsp3) is 0.250. The summed E-state index contributed by atoms with van der Waals surface area (Å²) < 4.78 is 7.13. The molecule has 1 saturated heterocycles. The molecular weight excluding hydrogens is 332 g/mol. The van der Waals surface area contributed by atoms with Gasteiger partial charge >= 0.3 is 12.0 Å². The van der Waals surface area contributed by atoms with Gasteiger partial charge in [0.1, 0.15) is 12.0 Å². The van der Waals surface area contributed by atoms with Gasteiger partial charge in [0.2, 0.25) is 0 Å². The molecular formula is C16H14ClN4O3+. The number of fused-ring (bicyclic) bond motifs is 3. The van der Waals surface area contributed by atoms with Crippen LogP contribution in [-0.4, -0.2) is 34.6 Å². The Balaban J connectivity index is 1.70. The molecule has 0 radical (unpaired) electrons. The first kappa shape index (κ1) is 14.9. The van der Waals surface area contributed by atoms with Crippen LogP contribution < -0.4 is 4.57 Å².